The smallest absolute Gasteiger partial charge is 0.165 e. The summed E-state index contributed by atoms with van der Waals surface area (Å²) in [5.74, 6) is 0.497. The van der Waals surface area contributed by atoms with Crippen LogP contribution in [0.15, 0.2) is 36.5 Å². The average molecular weight is 333 g/mol. The molecule has 5 nitrogen and oxygen atoms in total. The van der Waals surface area contributed by atoms with Crippen LogP contribution in [0.1, 0.15) is 24.5 Å². The van der Waals surface area contributed by atoms with Crippen LogP contribution in [0.2, 0.25) is 0 Å². The summed E-state index contributed by atoms with van der Waals surface area (Å²) in [6.07, 6.45) is 3.94. The van der Waals surface area contributed by atoms with Crippen LogP contribution in [0.3, 0.4) is 0 Å². The zero-order valence-corrected chi connectivity index (χ0v) is 13.8. The highest BCUT2D eigenvalue weighted by Gasteiger charge is 2.23. The van der Waals surface area contributed by atoms with E-state index in [2.05, 4.69) is 16.1 Å². The van der Waals surface area contributed by atoms with Crippen LogP contribution in [0, 0.1) is 5.82 Å². The topological polar surface area (TPSA) is 50.5 Å². The molecular weight excluding hydrogens is 309 g/mol. The third-order valence-corrected chi connectivity index (χ3v) is 4.57. The monoisotopic (exact) mass is 333 g/mol. The second kappa shape index (κ2) is 8.26. The van der Waals surface area contributed by atoms with E-state index in [9.17, 15) is 4.39 Å². The third kappa shape index (κ3) is 4.13. The number of halogens is 1. The lowest BCUT2D eigenvalue weighted by atomic mass is 9.93. The van der Waals surface area contributed by atoms with Crippen LogP contribution in [0.25, 0.3) is 0 Å². The Labute approximate surface area is 141 Å². The van der Waals surface area contributed by atoms with Gasteiger partial charge in [-0.05, 0) is 44.1 Å². The number of benzene rings is 1. The Kier molecular flexibility index (Phi) is 5.82. The lowest BCUT2D eigenvalue weighted by Gasteiger charge is -2.32. The standard InChI is InChI=1S/C18H24FN3O2/c19-16-3-1-2-4-18(16)24-14-12-21-9-6-15(7-10-21)17-5-8-20-22(17)11-13-23/h1-5,8,15,23H,6-7,9-14H2. The van der Waals surface area contributed by atoms with Gasteiger partial charge in [-0.2, -0.15) is 5.10 Å². The Bertz CT molecular complexity index is 639. The molecule has 0 saturated carbocycles. The van der Waals surface area contributed by atoms with E-state index in [0.717, 1.165) is 32.5 Å². The first-order valence-electron chi connectivity index (χ1n) is 8.50. The number of hydrogen-bond acceptors (Lipinski definition) is 4. The third-order valence-electron chi connectivity index (χ3n) is 4.57. The number of piperidine rings is 1. The number of aliphatic hydroxyl groups excluding tert-OH is 1. The van der Waals surface area contributed by atoms with Crippen molar-refractivity contribution < 1.29 is 14.2 Å². The summed E-state index contributed by atoms with van der Waals surface area (Å²) in [6.45, 7) is 3.95. The minimum absolute atomic E-state index is 0.112. The van der Waals surface area contributed by atoms with Gasteiger partial charge in [-0.25, -0.2) is 4.39 Å². The summed E-state index contributed by atoms with van der Waals surface area (Å²) in [7, 11) is 0. The number of nitrogens with zero attached hydrogens (tertiary/aromatic N) is 3. The SMILES string of the molecule is OCCn1nccc1C1CCN(CCOc2ccccc2F)CC1. The van der Waals surface area contributed by atoms with Gasteiger partial charge < -0.3 is 9.84 Å². The van der Waals surface area contributed by atoms with Gasteiger partial charge in [-0.3, -0.25) is 9.58 Å². The van der Waals surface area contributed by atoms with Gasteiger partial charge in [0.25, 0.3) is 0 Å². The Morgan fingerprint density at radius 1 is 1.17 bits per heavy atom. The number of rotatable bonds is 7. The molecule has 0 bridgehead atoms. The van der Waals surface area contributed by atoms with Crippen molar-refractivity contribution in [3.8, 4) is 5.75 Å². The van der Waals surface area contributed by atoms with E-state index in [4.69, 9.17) is 9.84 Å². The second-order valence-corrected chi connectivity index (χ2v) is 6.10. The molecule has 0 aliphatic carbocycles. The lowest BCUT2D eigenvalue weighted by molar-refractivity contribution is 0.168. The van der Waals surface area contributed by atoms with Crippen molar-refractivity contribution in [2.24, 2.45) is 0 Å². The summed E-state index contributed by atoms with van der Waals surface area (Å²) in [4.78, 5) is 2.35. The number of ether oxygens (including phenoxy) is 1. The maximum absolute atomic E-state index is 13.5. The fourth-order valence-corrected chi connectivity index (χ4v) is 3.27. The van der Waals surface area contributed by atoms with Gasteiger partial charge in [0, 0.05) is 24.4 Å². The molecule has 0 unspecified atom stereocenters. The molecule has 2 aromatic rings. The van der Waals surface area contributed by atoms with E-state index >= 15 is 0 Å². The molecule has 24 heavy (non-hydrogen) atoms. The van der Waals surface area contributed by atoms with Gasteiger partial charge in [-0.1, -0.05) is 12.1 Å². The maximum Gasteiger partial charge on any atom is 0.165 e. The molecular formula is C18H24FN3O2. The number of likely N-dealkylation sites (tertiary alicyclic amines) is 1. The van der Waals surface area contributed by atoms with Crippen LogP contribution < -0.4 is 4.74 Å². The molecule has 1 aliphatic rings. The molecule has 1 fully saturated rings. The molecule has 6 heteroatoms. The van der Waals surface area contributed by atoms with Gasteiger partial charge in [0.2, 0.25) is 0 Å². The van der Waals surface area contributed by atoms with Crippen molar-refractivity contribution in [2.75, 3.05) is 32.8 Å². The minimum atomic E-state index is -0.312. The predicted molar refractivity (Wildman–Crippen MR) is 89.6 cm³/mol. The Hall–Kier alpha value is -1.92. The van der Waals surface area contributed by atoms with E-state index < -0.39 is 0 Å². The summed E-state index contributed by atoms with van der Waals surface area (Å²) in [5, 5.41) is 13.4. The molecule has 0 amide bonds. The zero-order chi connectivity index (χ0) is 16.8. The highest BCUT2D eigenvalue weighted by Crippen LogP contribution is 2.27. The van der Waals surface area contributed by atoms with Crippen molar-refractivity contribution in [1.82, 2.24) is 14.7 Å². The van der Waals surface area contributed by atoms with Crippen molar-refractivity contribution in [3.05, 3.63) is 48.0 Å². The highest BCUT2D eigenvalue weighted by atomic mass is 19.1. The maximum atomic E-state index is 13.5. The first-order chi connectivity index (χ1) is 11.8. The predicted octanol–water partition coefficient (Wildman–Crippen LogP) is 2.27. The average Bonchev–Trinajstić information content (AvgIpc) is 3.06. The Balaban J connectivity index is 1.44. The normalized spacial score (nSPS) is 16.4. The first kappa shape index (κ1) is 16.9. The van der Waals surface area contributed by atoms with Gasteiger partial charge in [0.1, 0.15) is 6.61 Å². The molecule has 0 radical (unpaired) electrons. The van der Waals surface area contributed by atoms with Gasteiger partial charge in [0.05, 0.1) is 13.2 Å². The van der Waals surface area contributed by atoms with E-state index in [1.54, 1.807) is 24.4 Å². The fourth-order valence-electron chi connectivity index (χ4n) is 3.27. The van der Waals surface area contributed by atoms with Crippen LogP contribution >= 0.6 is 0 Å². The molecule has 0 atom stereocenters. The largest absolute Gasteiger partial charge is 0.489 e. The number of aromatic nitrogens is 2. The minimum Gasteiger partial charge on any atom is -0.489 e. The van der Waals surface area contributed by atoms with Crippen molar-refractivity contribution >= 4 is 0 Å². The van der Waals surface area contributed by atoms with Crippen molar-refractivity contribution in [2.45, 2.75) is 25.3 Å². The van der Waals surface area contributed by atoms with Crippen molar-refractivity contribution in [1.29, 1.82) is 0 Å². The molecule has 130 valence electrons. The van der Waals surface area contributed by atoms with E-state index in [1.165, 1.54) is 11.8 Å². The molecule has 1 aromatic heterocycles. The second-order valence-electron chi connectivity index (χ2n) is 6.10. The molecule has 1 aromatic carbocycles. The Morgan fingerprint density at radius 3 is 2.71 bits per heavy atom. The first-order valence-corrected chi connectivity index (χ1v) is 8.50. The fraction of sp³-hybridized carbons (Fsp3) is 0.500. The van der Waals surface area contributed by atoms with Gasteiger partial charge >= 0.3 is 0 Å². The van der Waals surface area contributed by atoms with Crippen molar-refractivity contribution in [3.63, 3.8) is 0 Å². The van der Waals surface area contributed by atoms with Crippen LogP contribution in [-0.4, -0.2) is 52.6 Å². The summed E-state index contributed by atoms with van der Waals surface area (Å²) in [5.41, 5.74) is 1.21. The molecule has 1 aliphatic heterocycles. The van der Waals surface area contributed by atoms with E-state index in [0.29, 0.717) is 24.8 Å². The number of hydrogen-bond donors (Lipinski definition) is 1. The molecule has 2 heterocycles. The number of aliphatic hydroxyl groups is 1. The Morgan fingerprint density at radius 2 is 1.96 bits per heavy atom. The summed E-state index contributed by atoms with van der Waals surface area (Å²) < 4.78 is 20.9. The van der Waals surface area contributed by atoms with Crippen LogP contribution in [-0.2, 0) is 6.54 Å². The van der Waals surface area contributed by atoms with E-state index in [-0.39, 0.29) is 12.4 Å². The van der Waals surface area contributed by atoms with Crippen LogP contribution in [0.4, 0.5) is 4.39 Å². The zero-order valence-electron chi connectivity index (χ0n) is 13.8. The molecule has 3 rings (SSSR count). The summed E-state index contributed by atoms with van der Waals surface area (Å²) in [6, 6.07) is 8.56. The van der Waals surface area contributed by atoms with E-state index in [1.807, 2.05) is 4.68 Å². The molecule has 0 spiro atoms. The number of para-hydroxylation sites is 1. The summed E-state index contributed by atoms with van der Waals surface area (Å²) >= 11 is 0. The van der Waals surface area contributed by atoms with Gasteiger partial charge in [0.15, 0.2) is 11.6 Å². The van der Waals surface area contributed by atoms with Gasteiger partial charge in [-0.15, -0.1) is 0 Å². The van der Waals surface area contributed by atoms with Crippen LogP contribution in [0.5, 0.6) is 5.75 Å². The quantitative estimate of drug-likeness (QED) is 0.844. The lowest BCUT2D eigenvalue weighted by Crippen LogP contribution is -2.36. The molecule has 1 N–H and O–H groups in total. The molecule has 1 saturated heterocycles. The highest BCUT2D eigenvalue weighted by molar-refractivity contribution is 5.23.